The Morgan fingerprint density at radius 3 is 2.43 bits per heavy atom. The van der Waals surface area contributed by atoms with Gasteiger partial charge in [-0.2, -0.15) is 5.10 Å². The van der Waals surface area contributed by atoms with Gasteiger partial charge in [0, 0.05) is 56.0 Å². The first kappa shape index (κ1) is 29.5. The van der Waals surface area contributed by atoms with Gasteiger partial charge in [-0.1, -0.05) is 20.8 Å². The largest absolute Gasteiger partial charge is 0.497 e. The Morgan fingerprint density at radius 2 is 1.81 bits per heavy atom. The summed E-state index contributed by atoms with van der Waals surface area (Å²) in [4.78, 5) is 27.8. The van der Waals surface area contributed by atoms with E-state index in [0.717, 1.165) is 5.56 Å². The van der Waals surface area contributed by atoms with Crippen molar-refractivity contribution < 1.29 is 18.7 Å². The standard InChI is InChI=1S/C30H39N7O4Si/c1-30(2,3)42(7,8)41-26-13-21(34-29(26)38)18-37-27(33-20-11-22(39-5)14-23(12-20)40-6)10-9-24-28(37)35-25(16-31-24)19-15-32-36(4)17-19/h9-12,14-17,21,26H,13,18H2,1-8H3,(H,34,38)/b33-27+. The van der Waals surface area contributed by atoms with Crippen LogP contribution in [0.25, 0.3) is 22.4 Å². The van der Waals surface area contributed by atoms with Crippen LogP contribution in [-0.2, 0) is 22.8 Å². The number of benzene rings is 1. The minimum Gasteiger partial charge on any atom is -0.497 e. The van der Waals surface area contributed by atoms with E-state index in [-0.39, 0.29) is 17.0 Å². The molecule has 4 aromatic rings. The van der Waals surface area contributed by atoms with Crippen molar-refractivity contribution >= 4 is 31.1 Å². The first-order valence-electron chi connectivity index (χ1n) is 14.0. The van der Waals surface area contributed by atoms with Gasteiger partial charge in [0.15, 0.2) is 14.0 Å². The lowest BCUT2D eigenvalue weighted by Crippen LogP contribution is -2.45. The van der Waals surface area contributed by atoms with Crippen molar-refractivity contribution in [2.24, 2.45) is 12.0 Å². The van der Waals surface area contributed by atoms with E-state index in [2.05, 4.69) is 44.3 Å². The fourth-order valence-electron chi connectivity index (χ4n) is 4.71. The number of rotatable bonds is 8. The lowest BCUT2D eigenvalue weighted by molar-refractivity contribution is -0.125. The van der Waals surface area contributed by atoms with Crippen LogP contribution in [0.1, 0.15) is 27.2 Å². The van der Waals surface area contributed by atoms with Gasteiger partial charge in [0.05, 0.1) is 38.0 Å². The van der Waals surface area contributed by atoms with Crippen molar-refractivity contribution in [3.63, 3.8) is 0 Å². The SMILES string of the molecule is COc1cc(/N=c2\ccc3ncc(-c4cnn(C)c4)nc3n2CC2CC(O[Si](C)(C)C(C)(C)C)C(=O)N2)cc(OC)c1. The van der Waals surface area contributed by atoms with Crippen molar-refractivity contribution in [3.8, 4) is 22.8 Å². The van der Waals surface area contributed by atoms with Crippen LogP contribution < -0.4 is 20.3 Å². The normalized spacial score (nSPS) is 18.0. The molecule has 1 saturated heterocycles. The minimum atomic E-state index is -2.14. The molecule has 1 fully saturated rings. The third-order valence-electron chi connectivity index (χ3n) is 8.07. The van der Waals surface area contributed by atoms with Gasteiger partial charge >= 0.3 is 0 Å². The summed E-state index contributed by atoms with van der Waals surface area (Å²) in [6.45, 7) is 11.3. The predicted molar refractivity (Wildman–Crippen MR) is 163 cm³/mol. The number of pyridine rings is 1. The molecule has 1 aliphatic heterocycles. The van der Waals surface area contributed by atoms with E-state index in [1.165, 1.54) is 0 Å². The Labute approximate surface area is 246 Å². The number of hydrogen-bond acceptors (Lipinski definition) is 8. The van der Waals surface area contributed by atoms with Gasteiger partial charge in [-0.3, -0.25) is 14.5 Å². The summed E-state index contributed by atoms with van der Waals surface area (Å²) in [5.74, 6) is 1.18. The highest BCUT2D eigenvalue weighted by molar-refractivity contribution is 6.74. The maximum Gasteiger partial charge on any atom is 0.248 e. The number of fused-ring (bicyclic) bond motifs is 1. The molecule has 11 nitrogen and oxygen atoms in total. The molecule has 0 aliphatic carbocycles. The summed E-state index contributed by atoms with van der Waals surface area (Å²) in [5, 5.41) is 7.45. The average Bonchev–Trinajstić information content (AvgIpc) is 3.53. The maximum atomic E-state index is 13.1. The zero-order valence-electron chi connectivity index (χ0n) is 25.5. The van der Waals surface area contributed by atoms with Crippen LogP contribution in [0.5, 0.6) is 11.5 Å². The number of aryl methyl sites for hydroxylation is 1. The van der Waals surface area contributed by atoms with E-state index in [1.807, 2.05) is 42.1 Å². The van der Waals surface area contributed by atoms with E-state index >= 15 is 0 Å². The van der Waals surface area contributed by atoms with Crippen molar-refractivity contribution in [2.45, 2.75) is 64.0 Å². The lowest BCUT2D eigenvalue weighted by atomic mass is 10.2. The average molecular weight is 590 g/mol. The highest BCUT2D eigenvalue weighted by Gasteiger charge is 2.43. The summed E-state index contributed by atoms with van der Waals surface area (Å²) < 4.78 is 21.2. The van der Waals surface area contributed by atoms with E-state index in [0.29, 0.717) is 52.5 Å². The Morgan fingerprint density at radius 1 is 1.10 bits per heavy atom. The van der Waals surface area contributed by atoms with Crippen LogP contribution in [0.4, 0.5) is 5.69 Å². The summed E-state index contributed by atoms with van der Waals surface area (Å²) in [5.41, 5.74) is 4.22. The fourth-order valence-corrected chi connectivity index (χ4v) is 5.98. The highest BCUT2D eigenvalue weighted by atomic mass is 28.4. The van der Waals surface area contributed by atoms with Crippen molar-refractivity contribution in [2.75, 3.05) is 14.2 Å². The molecular formula is C30H39N7O4Si. The number of carbonyl (C=O) groups excluding carboxylic acids is 1. The monoisotopic (exact) mass is 589 g/mol. The molecule has 1 aromatic carbocycles. The van der Waals surface area contributed by atoms with E-state index in [9.17, 15) is 4.79 Å². The molecule has 42 heavy (non-hydrogen) atoms. The quantitative estimate of drug-likeness (QED) is 0.304. The molecule has 4 heterocycles. The lowest BCUT2D eigenvalue weighted by Gasteiger charge is -2.37. The molecule has 0 spiro atoms. The van der Waals surface area contributed by atoms with Crippen molar-refractivity contribution in [3.05, 3.63) is 54.4 Å². The van der Waals surface area contributed by atoms with Gasteiger partial charge in [0.2, 0.25) is 5.91 Å². The molecule has 5 rings (SSSR count). The zero-order chi connectivity index (χ0) is 30.2. The number of nitrogens with zero attached hydrogens (tertiary/aromatic N) is 6. The second-order valence-corrected chi connectivity index (χ2v) is 16.9. The smallest absolute Gasteiger partial charge is 0.248 e. The van der Waals surface area contributed by atoms with E-state index in [4.69, 9.17) is 28.9 Å². The number of amides is 1. The maximum absolute atomic E-state index is 13.1. The molecule has 0 radical (unpaired) electrons. The zero-order valence-corrected chi connectivity index (χ0v) is 26.5. The number of nitrogens with one attached hydrogen (secondary N) is 1. The molecule has 12 heteroatoms. The molecular weight excluding hydrogens is 550 g/mol. The van der Waals surface area contributed by atoms with Crippen molar-refractivity contribution in [1.82, 2.24) is 29.6 Å². The molecule has 2 unspecified atom stereocenters. The van der Waals surface area contributed by atoms with Gasteiger partial charge in [-0.15, -0.1) is 0 Å². The molecule has 1 amide bonds. The number of methoxy groups -OCH3 is 2. The summed E-state index contributed by atoms with van der Waals surface area (Å²) in [6, 6.07) is 9.12. The molecule has 2 atom stereocenters. The van der Waals surface area contributed by atoms with E-state index < -0.39 is 14.4 Å². The first-order valence-corrected chi connectivity index (χ1v) is 16.9. The van der Waals surface area contributed by atoms with Gasteiger partial charge < -0.3 is 23.8 Å². The molecule has 3 aromatic heterocycles. The van der Waals surface area contributed by atoms with Gasteiger partial charge in [-0.05, 0) is 30.3 Å². The number of carbonyl (C=O) groups is 1. The fraction of sp³-hybridized carbons (Fsp3) is 0.433. The Kier molecular flexibility index (Phi) is 7.95. The van der Waals surface area contributed by atoms with Crippen LogP contribution in [0.15, 0.2) is 53.9 Å². The predicted octanol–water partition coefficient (Wildman–Crippen LogP) is 4.36. The summed E-state index contributed by atoms with van der Waals surface area (Å²) >= 11 is 0. The molecule has 0 saturated carbocycles. The van der Waals surface area contributed by atoms with Gasteiger partial charge in [-0.25, -0.2) is 9.98 Å². The number of ether oxygens (including phenoxy) is 2. The van der Waals surface area contributed by atoms with Crippen LogP contribution in [0.2, 0.25) is 18.1 Å². The van der Waals surface area contributed by atoms with Gasteiger partial charge in [0.1, 0.15) is 28.6 Å². The summed E-state index contributed by atoms with van der Waals surface area (Å²) in [6.07, 6.45) is 5.46. The third kappa shape index (κ3) is 6.09. The molecule has 1 N–H and O–H groups in total. The number of hydrogen-bond donors (Lipinski definition) is 1. The molecule has 1 aliphatic rings. The topological polar surface area (TPSA) is 118 Å². The Balaban J connectivity index is 1.59. The summed E-state index contributed by atoms with van der Waals surface area (Å²) in [7, 11) is 2.94. The Hall–Kier alpha value is -4.03. The highest BCUT2D eigenvalue weighted by Crippen LogP contribution is 2.38. The van der Waals surface area contributed by atoms with Crippen LogP contribution in [0.3, 0.4) is 0 Å². The Bertz CT molecular complexity index is 1670. The third-order valence-corrected chi connectivity index (χ3v) is 12.6. The van der Waals surface area contributed by atoms with Gasteiger partial charge in [0.25, 0.3) is 0 Å². The minimum absolute atomic E-state index is 0.00210. The number of aromatic nitrogens is 5. The van der Waals surface area contributed by atoms with Crippen LogP contribution >= 0.6 is 0 Å². The second kappa shape index (κ2) is 11.3. The van der Waals surface area contributed by atoms with Crippen LogP contribution in [0, 0.1) is 0 Å². The van der Waals surface area contributed by atoms with E-state index in [1.54, 1.807) is 37.4 Å². The second-order valence-electron chi connectivity index (χ2n) is 12.2. The van der Waals surface area contributed by atoms with Crippen molar-refractivity contribution in [1.29, 1.82) is 0 Å². The van der Waals surface area contributed by atoms with Crippen LogP contribution in [-0.4, -0.2) is 64.9 Å². The molecule has 0 bridgehead atoms. The first-order chi connectivity index (χ1) is 19.9. The molecule has 222 valence electrons.